The van der Waals surface area contributed by atoms with E-state index in [9.17, 15) is 4.79 Å². The Balaban J connectivity index is 1.75. The number of aryl methyl sites for hydroxylation is 2. The highest BCUT2D eigenvalue weighted by atomic mass is 16.2. The van der Waals surface area contributed by atoms with Crippen molar-refractivity contribution in [2.45, 2.75) is 58.9 Å². The standard InChI is InChI=1S/C20H28N4O/c1-14-21-15(2)24(22-14)18-7-6-12-23(13-18)19(25)16-8-10-17(11-9-16)20(3,4)5/h8-11,18H,6-7,12-13H2,1-5H3/t18-/m0/s1. The van der Waals surface area contributed by atoms with Gasteiger partial charge in [-0.2, -0.15) is 5.10 Å². The summed E-state index contributed by atoms with van der Waals surface area (Å²) in [5.74, 6) is 1.82. The fourth-order valence-electron chi connectivity index (χ4n) is 3.52. The first-order chi connectivity index (χ1) is 11.8. The summed E-state index contributed by atoms with van der Waals surface area (Å²) in [5, 5.41) is 4.51. The van der Waals surface area contributed by atoms with Gasteiger partial charge in [-0.25, -0.2) is 9.67 Å². The SMILES string of the molecule is Cc1nc(C)n([C@H]2CCCN(C(=O)c3ccc(C(C)(C)C)cc3)C2)n1. The Morgan fingerprint density at radius 1 is 1.16 bits per heavy atom. The van der Waals surface area contributed by atoms with Gasteiger partial charge in [-0.3, -0.25) is 4.79 Å². The molecule has 25 heavy (non-hydrogen) atoms. The van der Waals surface area contributed by atoms with Crippen LogP contribution in [0.2, 0.25) is 0 Å². The second-order valence-corrected chi connectivity index (χ2v) is 8.03. The summed E-state index contributed by atoms with van der Waals surface area (Å²) in [6.07, 6.45) is 2.03. The summed E-state index contributed by atoms with van der Waals surface area (Å²) < 4.78 is 1.98. The van der Waals surface area contributed by atoms with Crippen molar-refractivity contribution in [2.24, 2.45) is 0 Å². The number of carbonyl (C=O) groups is 1. The third kappa shape index (κ3) is 3.75. The minimum atomic E-state index is 0.0975. The number of likely N-dealkylation sites (tertiary alicyclic amines) is 1. The summed E-state index contributed by atoms with van der Waals surface area (Å²) in [6, 6.07) is 8.27. The molecule has 1 aliphatic heterocycles. The molecule has 0 bridgehead atoms. The Kier molecular flexibility index (Phi) is 4.67. The Hall–Kier alpha value is -2.17. The van der Waals surface area contributed by atoms with Crippen molar-refractivity contribution >= 4 is 5.91 Å². The molecule has 1 aromatic heterocycles. The zero-order chi connectivity index (χ0) is 18.2. The molecule has 0 spiro atoms. The maximum absolute atomic E-state index is 12.9. The molecule has 1 amide bonds. The van der Waals surface area contributed by atoms with Gasteiger partial charge in [0, 0.05) is 18.7 Å². The van der Waals surface area contributed by atoms with Crippen LogP contribution in [0, 0.1) is 13.8 Å². The number of piperidine rings is 1. The van der Waals surface area contributed by atoms with Crippen LogP contribution in [0.3, 0.4) is 0 Å². The summed E-state index contributed by atoms with van der Waals surface area (Å²) >= 11 is 0. The minimum Gasteiger partial charge on any atom is -0.337 e. The molecule has 0 radical (unpaired) electrons. The van der Waals surface area contributed by atoms with Crippen molar-refractivity contribution in [3.63, 3.8) is 0 Å². The molecule has 2 aromatic rings. The number of hydrogen-bond donors (Lipinski definition) is 0. The lowest BCUT2D eigenvalue weighted by Crippen LogP contribution is -2.41. The summed E-state index contributed by atoms with van der Waals surface area (Å²) in [5.41, 5.74) is 2.11. The van der Waals surface area contributed by atoms with Crippen molar-refractivity contribution in [2.75, 3.05) is 13.1 Å². The maximum Gasteiger partial charge on any atom is 0.253 e. The average molecular weight is 340 g/mol. The Morgan fingerprint density at radius 2 is 1.84 bits per heavy atom. The van der Waals surface area contributed by atoms with Gasteiger partial charge in [-0.15, -0.1) is 0 Å². The van der Waals surface area contributed by atoms with E-state index in [-0.39, 0.29) is 17.4 Å². The van der Waals surface area contributed by atoms with E-state index in [4.69, 9.17) is 0 Å². The highest BCUT2D eigenvalue weighted by molar-refractivity contribution is 5.94. The molecule has 3 rings (SSSR count). The molecular weight excluding hydrogens is 312 g/mol. The number of hydrogen-bond acceptors (Lipinski definition) is 3. The van der Waals surface area contributed by atoms with Crippen LogP contribution in [0.4, 0.5) is 0 Å². The molecule has 1 fully saturated rings. The number of rotatable bonds is 2. The molecule has 0 saturated carbocycles. The van der Waals surface area contributed by atoms with Crippen LogP contribution < -0.4 is 0 Å². The van der Waals surface area contributed by atoms with E-state index < -0.39 is 0 Å². The van der Waals surface area contributed by atoms with E-state index >= 15 is 0 Å². The van der Waals surface area contributed by atoms with E-state index in [1.807, 2.05) is 35.6 Å². The lowest BCUT2D eigenvalue weighted by atomic mass is 9.86. The first kappa shape index (κ1) is 17.6. The van der Waals surface area contributed by atoms with Crippen LogP contribution >= 0.6 is 0 Å². The second kappa shape index (κ2) is 6.62. The van der Waals surface area contributed by atoms with Crippen LogP contribution in [0.25, 0.3) is 0 Å². The highest BCUT2D eigenvalue weighted by Gasteiger charge is 2.27. The third-order valence-electron chi connectivity index (χ3n) is 4.94. The van der Waals surface area contributed by atoms with Crippen LogP contribution in [-0.4, -0.2) is 38.7 Å². The molecule has 1 atom stereocenters. The van der Waals surface area contributed by atoms with Crippen molar-refractivity contribution in [1.82, 2.24) is 19.7 Å². The van der Waals surface area contributed by atoms with E-state index in [1.54, 1.807) is 0 Å². The van der Waals surface area contributed by atoms with Crippen molar-refractivity contribution in [3.8, 4) is 0 Å². The Bertz CT molecular complexity index is 755. The van der Waals surface area contributed by atoms with Crippen LogP contribution in [-0.2, 0) is 5.41 Å². The fourth-order valence-corrected chi connectivity index (χ4v) is 3.52. The minimum absolute atomic E-state index is 0.0975. The first-order valence-corrected chi connectivity index (χ1v) is 9.05. The molecule has 134 valence electrons. The van der Waals surface area contributed by atoms with Gasteiger partial charge in [0.15, 0.2) is 0 Å². The van der Waals surface area contributed by atoms with Gasteiger partial charge in [0.1, 0.15) is 11.6 Å². The van der Waals surface area contributed by atoms with E-state index in [2.05, 4.69) is 43.0 Å². The molecule has 2 heterocycles. The number of benzene rings is 1. The smallest absolute Gasteiger partial charge is 0.253 e. The van der Waals surface area contributed by atoms with E-state index in [0.29, 0.717) is 6.54 Å². The highest BCUT2D eigenvalue weighted by Crippen LogP contribution is 2.25. The van der Waals surface area contributed by atoms with Gasteiger partial charge in [-0.1, -0.05) is 32.9 Å². The van der Waals surface area contributed by atoms with Gasteiger partial charge >= 0.3 is 0 Å². The molecule has 1 saturated heterocycles. The second-order valence-electron chi connectivity index (χ2n) is 8.03. The molecule has 5 heteroatoms. The predicted molar refractivity (Wildman–Crippen MR) is 98.8 cm³/mol. The molecule has 0 N–H and O–H groups in total. The van der Waals surface area contributed by atoms with Crippen LogP contribution in [0.1, 0.15) is 67.2 Å². The van der Waals surface area contributed by atoms with E-state index in [0.717, 1.165) is 36.6 Å². The van der Waals surface area contributed by atoms with Gasteiger partial charge in [0.2, 0.25) is 0 Å². The average Bonchev–Trinajstić information content (AvgIpc) is 2.92. The molecule has 0 aliphatic carbocycles. The summed E-state index contributed by atoms with van der Waals surface area (Å²) in [6.45, 7) is 11.9. The van der Waals surface area contributed by atoms with Crippen LogP contribution in [0.15, 0.2) is 24.3 Å². The number of amides is 1. The topological polar surface area (TPSA) is 51.0 Å². The normalized spacial score (nSPS) is 18.4. The van der Waals surface area contributed by atoms with Crippen molar-refractivity contribution < 1.29 is 4.79 Å². The Labute approximate surface area is 150 Å². The molecule has 1 aromatic carbocycles. The fraction of sp³-hybridized carbons (Fsp3) is 0.550. The quantitative estimate of drug-likeness (QED) is 0.838. The largest absolute Gasteiger partial charge is 0.337 e. The molecule has 1 aliphatic rings. The molecular formula is C20H28N4O. The van der Waals surface area contributed by atoms with Gasteiger partial charge in [0.25, 0.3) is 5.91 Å². The number of carbonyl (C=O) groups excluding carboxylic acids is 1. The molecule has 0 unspecified atom stereocenters. The summed E-state index contributed by atoms with van der Waals surface area (Å²) in [4.78, 5) is 19.3. The van der Waals surface area contributed by atoms with Crippen molar-refractivity contribution in [3.05, 3.63) is 47.0 Å². The van der Waals surface area contributed by atoms with Gasteiger partial charge < -0.3 is 4.90 Å². The summed E-state index contributed by atoms with van der Waals surface area (Å²) in [7, 11) is 0. The monoisotopic (exact) mass is 340 g/mol. The third-order valence-corrected chi connectivity index (χ3v) is 4.94. The lowest BCUT2D eigenvalue weighted by molar-refractivity contribution is 0.0671. The van der Waals surface area contributed by atoms with Gasteiger partial charge in [0.05, 0.1) is 6.04 Å². The zero-order valence-electron chi connectivity index (χ0n) is 15.9. The predicted octanol–water partition coefficient (Wildman–Crippen LogP) is 3.67. The van der Waals surface area contributed by atoms with E-state index in [1.165, 1.54) is 5.56 Å². The maximum atomic E-state index is 12.9. The van der Waals surface area contributed by atoms with Crippen molar-refractivity contribution in [1.29, 1.82) is 0 Å². The number of nitrogens with zero attached hydrogens (tertiary/aromatic N) is 4. The van der Waals surface area contributed by atoms with Gasteiger partial charge in [-0.05, 0) is 49.8 Å². The molecule has 5 nitrogen and oxygen atoms in total. The van der Waals surface area contributed by atoms with Crippen LogP contribution in [0.5, 0.6) is 0 Å². The number of aromatic nitrogens is 3. The zero-order valence-corrected chi connectivity index (χ0v) is 15.9. The lowest BCUT2D eigenvalue weighted by Gasteiger charge is -2.33. The Morgan fingerprint density at radius 3 is 2.40 bits per heavy atom. The first-order valence-electron chi connectivity index (χ1n) is 9.05.